The van der Waals surface area contributed by atoms with Crippen molar-refractivity contribution in [2.75, 3.05) is 19.8 Å². The predicted molar refractivity (Wildman–Crippen MR) is 77.8 cm³/mol. The van der Waals surface area contributed by atoms with Crippen molar-refractivity contribution in [1.82, 2.24) is 15.1 Å². The maximum absolute atomic E-state index is 5.46. The van der Waals surface area contributed by atoms with Gasteiger partial charge in [0.25, 0.3) is 0 Å². The van der Waals surface area contributed by atoms with Crippen molar-refractivity contribution < 1.29 is 4.74 Å². The van der Waals surface area contributed by atoms with Crippen LogP contribution in [-0.2, 0) is 4.74 Å². The molecule has 1 rings (SSSR count). The Labute approximate surface area is 118 Å². The van der Waals surface area contributed by atoms with Gasteiger partial charge in [0.05, 0.1) is 22.4 Å². The Morgan fingerprint density at radius 2 is 2.17 bits per heavy atom. The van der Waals surface area contributed by atoms with E-state index in [1.54, 1.807) is 0 Å². The fourth-order valence-corrected chi connectivity index (χ4v) is 2.57. The van der Waals surface area contributed by atoms with Gasteiger partial charge in [-0.15, -0.1) is 0 Å². The van der Waals surface area contributed by atoms with Crippen LogP contribution in [0.5, 0.6) is 0 Å². The number of nitrogens with zero attached hydrogens (tertiary/aromatic N) is 2. The highest BCUT2D eigenvalue weighted by atomic mass is 79.9. The molecule has 0 bridgehead atoms. The number of hydrogen-bond acceptors (Lipinski definition) is 3. The van der Waals surface area contributed by atoms with Gasteiger partial charge >= 0.3 is 0 Å². The Morgan fingerprint density at radius 3 is 2.72 bits per heavy atom. The van der Waals surface area contributed by atoms with Crippen molar-refractivity contribution in [3.05, 3.63) is 16.4 Å². The van der Waals surface area contributed by atoms with Gasteiger partial charge in [-0.1, -0.05) is 6.92 Å². The van der Waals surface area contributed by atoms with Gasteiger partial charge < -0.3 is 10.1 Å². The van der Waals surface area contributed by atoms with Crippen LogP contribution in [0.15, 0.2) is 10.7 Å². The molecule has 4 nitrogen and oxygen atoms in total. The van der Waals surface area contributed by atoms with Crippen LogP contribution < -0.4 is 5.32 Å². The van der Waals surface area contributed by atoms with Crippen LogP contribution in [0, 0.1) is 0 Å². The van der Waals surface area contributed by atoms with Gasteiger partial charge in [-0.2, -0.15) is 5.10 Å². The summed E-state index contributed by atoms with van der Waals surface area (Å²) in [6, 6.07) is 0.639. The molecule has 0 amide bonds. The summed E-state index contributed by atoms with van der Waals surface area (Å²) in [5, 5.41) is 7.94. The molecule has 0 spiro atoms. The lowest BCUT2D eigenvalue weighted by atomic mass is 10.1. The topological polar surface area (TPSA) is 39.1 Å². The van der Waals surface area contributed by atoms with E-state index in [1.165, 1.54) is 5.69 Å². The fourth-order valence-electron chi connectivity index (χ4n) is 2.02. The summed E-state index contributed by atoms with van der Waals surface area (Å²) in [4.78, 5) is 0. The number of rotatable bonds is 8. The minimum Gasteiger partial charge on any atom is -0.382 e. The normalized spacial score (nSPS) is 13.2. The number of nitrogens with one attached hydrogen (secondary N) is 1. The van der Waals surface area contributed by atoms with Gasteiger partial charge in [0.2, 0.25) is 0 Å². The summed E-state index contributed by atoms with van der Waals surface area (Å²) in [6.07, 6.45) is 2.83. The molecule has 1 aromatic rings. The zero-order chi connectivity index (χ0) is 13.5. The van der Waals surface area contributed by atoms with E-state index in [-0.39, 0.29) is 6.04 Å². The van der Waals surface area contributed by atoms with Crippen molar-refractivity contribution >= 4 is 15.9 Å². The van der Waals surface area contributed by atoms with E-state index in [2.05, 4.69) is 51.8 Å². The zero-order valence-electron chi connectivity index (χ0n) is 11.7. The van der Waals surface area contributed by atoms with Crippen molar-refractivity contribution in [3.63, 3.8) is 0 Å². The summed E-state index contributed by atoms with van der Waals surface area (Å²) in [5.74, 6) is 0. The van der Waals surface area contributed by atoms with Crippen LogP contribution >= 0.6 is 15.9 Å². The maximum Gasteiger partial charge on any atom is 0.0699 e. The van der Waals surface area contributed by atoms with Crippen LogP contribution in [-0.4, -0.2) is 29.5 Å². The first-order valence-corrected chi connectivity index (χ1v) is 7.45. The molecule has 0 aromatic carbocycles. The van der Waals surface area contributed by atoms with E-state index in [1.807, 2.05) is 13.1 Å². The second-order valence-corrected chi connectivity index (χ2v) is 5.37. The van der Waals surface area contributed by atoms with Crippen LogP contribution in [0.2, 0.25) is 0 Å². The molecule has 1 heterocycles. The van der Waals surface area contributed by atoms with Crippen LogP contribution in [0.1, 0.15) is 51.9 Å². The monoisotopic (exact) mass is 317 g/mol. The van der Waals surface area contributed by atoms with Gasteiger partial charge in [-0.05, 0) is 49.7 Å². The molecule has 0 radical (unpaired) electrons. The number of ether oxygens (including phenoxy) is 1. The van der Waals surface area contributed by atoms with E-state index < -0.39 is 0 Å². The van der Waals surface area contributed by atoms with Crippen molar-refractivity contribution in [2.45, 2.75) is 46.2 Å². The molecule has 0 aliphatic rings. The molecule has 1 unspecified atom stereocenters. The molecule has 0 fully saturated rings. The Kier molecular flexibility index (Phi) is 6.89. The molecule has 0 saturated carbocycles. The molecule has 5 heteroatoms. The number of halogens is 1. The lowest BCUT2D eigenvalue weighted by Crippen LogP contribution is -2.26. The summed E-state index contributed by atoms with van der Waals surface area (Å²) in [6.45, 7) is 10.9. The third kappa shape index (κ3) is 4.07. The highest BCUT2D eigenvalue weighted by Gasteiger charge is 2.20. The van der Waals surface area contributed by atoms with E-state index in [9.17, 15) is 0 Å². The Balaban J connectivity index is 2.86. The highest BCUT2D eigenvalue weighted by molar-refractivity contribution is 9.10. The maximum atomic E-state index is 5.46. The second kappa shape index (κ2) is 7.92. The second-order valence-electron chi connectivity index (χ2n) is 4.51. The van der Waals surface area contributed by atoms with Gasteiger partial charge in [-0.3, -0.25) is 4.68 Å². The SMILES string of the molecule is CCNC(CCOCC)c1c(Br)cnn1C(C)C. The quantitative estimate of drug-likeness (QED) is 0.748. The summed E-state index contributed by atoms with van der Waals surface area (Å²) in [7, 11) is 0. The van der Waals surface area contributed by atoms with E-state index in [0.29, 0.717) is 6.04 Å². The molecular formula is C13H24BrN3O. The molecule has 1 aromatic heterocycles. The highest BCUT2D eigenvalue weighted by Crippen LogP contribution is 2.27. The summed E-state index contributed by atoms with van der Waals surface area (Å²) >= 11 is 3.60. The number of hydrogen-bond donors (Lipinski definition) is 1. The minimum absolute atomic E-state index is 0.279. The molecule has 104 valence electrons. The van der Waals surface area contributed by atoms with Gasteiger partial charge in [0.1, 0.15) is 0 Å². The van der Waals surface area contributed by atoms with Crippen molar-refractivity contribution in [2.24, 2.45) is 0 Å². The molecule has 1 N–H and O–H groups in total. The molecule has 0 aliphatic carbocycles. The summed E-state index contributed by atoms with van der Waals surface area (Å²) < 4.78 is 8.60. The first kappa shape index (κ1) is 15.7. The van der Waals surface area contributed by atoms with Gasteiger partial charge in [0, 0.05) is 19.3 Å². The summed E-state index contributed by atoms with van der Waals surface area (Å²) in [5.41, 5.74) is 1.21. The lowest BCUT2D eigenvalue weighted by Gasteiger charge is -2.21. The first-order valence-electron chi connectivity index (χ1n) is 6.65. The van der Waals surface area contributed by atoms with Crippen LogP contribution in [0.25, 0.3) is 0 Å². The Hall–Kier alpha value is -0.390. The fraction of sp³-hybridized carbons (Fsp3) is 0.769. The zero-order valence-corrected chi connectivity index (χ0v) is 13.3. The van der Waals surface area contributed by atoms with Crippen molar-refractivity contribution in [3.8, 4) is 0 Å². The van der Waals surface area contributed by atoms with E-state index in [0.717, 1.165) is 30.7 Å². The van der Waals surface area contributed by atoms with Gasteiger partial charge in [0.15, 0.2) is 0 Å². The molecule has 18 heavy (non-hydrogen) atoms. The predicted octanol–water partition coefficient (Wildman–Crippen LogP) is 3.30. The molecule has 0 aliphatic heterocycles. The smallest absolute Gasteiger partial charge is 0.0699 e. The first-order chi connectivity index (χ1) is 8.61. The van der Waals surface area contributed by atoms with E-state index >= 15 is 0 Å². The standard InChI is InChI=1S/C13H24BrN3O/c1-5-15-12(7-8-18-6-2)13-11(14)9-16-17(13)10(3)4/h9-10,12,15H,5-8H2,1-4H3. The molecule has 0 saturated heterocycles. The molecular weight excluding hydrogens is 294 g/mol. The molecule has 1 atom stereocenters. The lowest BCUT2D eigenvalue weighted by molar-refractivity contribution is 0.135. The van der Waals surface area contributed by atoms with Crippen LogP contribution in [0.3, 0.4) is 0 Å². The third-order valence-corrected chi connectivity index (χ3v) is 3.42. The third-order valence-electron chi connectivity index (χ3n) is 2.81. The van der Waals surface area contributed by atoms with Gasteiger partial charge in [-0.25, -0.2) is 0 Å². The average Bonchev–Trinajstić information content (AvgIpc) is 2.70. The van der Waals surface area contributed by atoms with Crippen molar-refractivity contribution in [1.29, 1.82) is 0 Å². The largest absolute Gasteiger partial charge is 0.382 e. The Morgan fingerprint density at radius 1 is 1.44 bits per heavy atom. The van der Waals surface area contributed by atoms with Crippen LogP contribution in [0.4, 0.5) is 0 Å². The Bertz CT molecular complexity index is 352. The average molecular weight is 318 g/mol. The minimum atomic E-state index is 0.279. The number of aromatic nitrogens is 2. The van der Waals surface area contributed by atoms with E-state index in [4.69, 9.17) is 4.74 Å².